The number of hydrogen-bond acceptors (Lipinski definition) is 4. The molecule has 31 heavy (non-hydrogen) atoms. The molecule has 1 heterocycles. The van der Waals surface area contributed by atoms with Gasteiger partial charge in [-0.3, -0.25) is 0 Å². The molecule has 0 amide bonds. The van der Waals surface area contributed by atoms with Gasteiger partial charge >= 0.3 is 0 Å². The van der Waals surface area contributed by atoms with Gasteiger partial charge in [-0.2, -0.15) is 0 Å². The number of nitrogens with two attached hydrogens (primary N) is 1. The molecule has 0 unspecified atom stereocenters. The van der Waals surface area contributed by atoms with Crippen LogP contribution < -0.4 is 11.1 Å². The van der Waals surface area contributed by atoms with Crippen LogP contribution in [0.1, 0.15) is 42.6 Å². The highest BCUT2D eigenvalue weighted by molar-refractivity contribution is 6.30. The molecule has 3 rings (SSSR count). The minimum absolute atomic E-state index is 0. The lowest BCUT2D eigenvalue weighted by atomic mass is 10.1. The van der Waals surface area contributed by atoms with Crippen LogP contribution in [0.2, 0.25) is 5.02 Å². The Labute approximate surface area is 208 Å². The summed E-state index contributed by atoms with van der Waals surface area (Å²) in [7, 11) is 0. The Morgan fingerprint density at radius 2 is 1.61 bits per heavy atom. The Morgan fingerprint density at radius 1 is 0.903 bits per heavy atom. The molecule has 0 fully saturated rings. The average molecular weight is 504 g/mol. The van der Waals surface area contributed by atoms with Crippen LogP contribution >= 0.6 is 48.8 Å². The number of benzene rings is 2. The summed E-state index contributed by atoms with van der Waals surface area (Å²) in [6.07, 6.45) is 8.50. The van der Waals surface area contributed by atoms with Gasteiger partial charge in [0.1, 0.15) is 5.82 Å². The third-order valence-electron chi connectivity index (χ3n) is 4.59. The standard InChI is InChI=1S/C23H27ClN4.3ClH/c1-17-6-12-20-21(16-17)27-22(13-9-18-7-10-19(24)11-8-18)28-23(20)26-15-5-3-2-4-14-25;;;/h6-13,16H,2-5,14-15,25H2,1H3,(H,26,27,28);3*1H/b13-9+;;;. The number of aromatic nitrogens is 2. The van der Waals surface area contributed by atoms with E-state index >= 15 is 0 Å². The van der Waals surface area contributed by atoms with Crippen LogP contribution in [0.5, 0.6) is 0 Å². The van der Waals surface area contributed by atoms with E-state index in [9.17, 15) is 0 Å². The van der Waals surface area contributed by atoms with Crippen LogP contribution in [-0.4, -0.2) is 23.1 Å². The monoisotopic (exact) mass is 502 g/mol. The number of nitrogens with zero attached hydrogens (tertiary/aromatic N) is 2. The second-order valence-corrected chi connectivity index (χ2v) is 7.40. The first kappa shape index (κ1) is 29.4. The van der Waals surface area contributed by atoms with Crippen LogP contribution in [-0.2, 0) is 0 Å². The number of fused-ring (bicyclic) bond motifs is 1. The first-order chi connectivity index (χ1) is 13.7. The van der Waals surface area contributed by atoms with Gasteiger partial charge < -0.3 is 11.1 Å². The molecule has 1 aromatic heterocycles. The van der Waals surface area contributed by atoms with Crippen LogP contribution in [0.25, 0.3) is 23.1 Å². The lowest BCUT2D eigenvalue weighted by Crippen LogP contribution is -2.06. The molecular formula is C23H30Cl4N4. The molecule has 4 nitrogen and oxygen atoms in total. The Hall–Kier alpha value is -1.56. The van der Waals surface area contributed by atoms with Crippen molar-refractivity contribution in [2.24, 2.45) is 5.73 Å². The first-order valence-electron chi connectivity index (χ1n) is 9.82. The number of nitrogens with one attached hydrogen (secondary N) is 1. The van der Waals surface area contributed by atoms with Crippen molar-refractivity contribution >= 4 is 77.7 Å². The predicted molar refractivity (Wildman–Crippen MR) is 142 cm³/mol. The van der Waals surface area contributed by atoms with Crippen LogP contribution in [0.4, 0.5) is 5.82 Å². The van der Waals surface area contributed by atoms with E-state index in [0.717, 1.165) is 53.2 Å². The third-order valence-corrected chi connectivity index (χ3v) is 4.84. The number of anilines is 1. The molecule has 0 bridgehead atoms. The minimum atomic E-state index is 0. The zero-order valence-corrected chi connectivity index (χ0v) is 20.7. The van der Waals surface area contributed by atoms with Crippen molar-refractivity contribution < 1.29 is 0 Å². The zero-order valence-electron chi connectivity index (χ0n) is 17.5. The number of aryl methyl sites for hydroxylation is 1. The molecular weight excluding hydrogens is 474 g/mol. The van der Waals surface area contributed by atoms with Crippen LogP contribution in [0.15, 0.2) is 42.5 Å². The lowest BCUT2D eigenvalue weighted by Gasteiger charge is -2.10. The largest absolute Gasteiger partial charge is 0.369 e. The highest BCUT2D eigenvalue weighted by Gasteiger charge is 2.06. The molecule has 0 saturated heterocycles. The van der Waals surface area contributed by atoms with E-state index in [1.165, 1.54) is 18.4 Å². The van der Waals surface area contributed by atoms with Gasteiger partial charge in [-0.25, -0.2) is 9.97 Å². The van der Waals surface area contributed by atoms with E-state index in [2.05, 4.69) is 30.4 Å². The van der Waals surface area contributed by atoms with Crippen molar-refractivity contribution in [3.05, 3.63) is 64.4 Å². The SMILES string of the molecule is Cc1ccc2c(NCCCCCCN)nc(/C=C/c3ccc(Cl)cc3)nc2c1.Cl.Cl.Cl. The van der Waals surface area contributed by atoms with Crippen molar-refractivity contribution in [1.82, 2.24) is 9.97 Å². The molecule has 0 saturated carbocycles. The minimum Gasteiger partial charge on any atom is -0.369 e. The highest BCUT2D eigenvalue weighted by atomic mass is 35.5. The first-order valence-corrected chi connectivity index (χ1v) is 10.2. The summed E-state index contributed by atoms with van der Waals surface area (Å²) in [5.41, 5.74) is 8.76. The number of unbranched alkanes of at least 4 members (excludes halogenated alkanes) is 3. The van der Waals surface area contributed by atoms with E-state index in [4.69, 9.17) is 27.3 Å². The summed E-state index contributed by atoms with van der Waals surface area (Å²) in [5, 5.41) is 5.28. The summed E-state index contributed by atoms with van der Waals surface area (Å²) in [6.45, 7) is 3.74. The van der Waals surface area contributed by atoms with E-state index in [0.29, 0.717) is 5.82 Å². The van der Waals surface area contributed by atoms with Gasteiger partial charge in [-0.1, -0.05) is 48.7 Å². The van der Waals surface area contributed by atoms with Crippen molar-refractivity contribution in [2.75, 3.05) is 18.4 Å². The van der Waals surface area contributed by atoms with Crippen molar-refractivity contribution in [1.29, 1.82) is 0 Å². The van der Waals surface area contributed by atoms with Crippen molar-refractivity contribution in [3.8, 4) is 0 Å². The van der Waals surface area contributed by atoms with Crippen LogP contribution in [0, 0.1) is 6.92 Å². The molecule has 2 aromatic carbocycles. The summed E-state index contributed by atoms with van der Waals surface area (Å²) in [6, 6.07) is 14.0. The van der Waals surface area contributed by atoms with Gasteiger partial charge in [-0.05, 0) is 67.8 Å². The van der Waals surface area contributed by atoms with Gasteiger partial charge in [0, 0.05) is 17.0 Å². The van der Waals surface area contributed by atoms with E-state index in [1.807, 2.05) is 36.4 Å². The maximum atomic E-state index is 5.95. The summed E-state index contributed by atoms with van der Waals surface area (Å²) in [4.78, 5) is 9.46. The molecule has 0 radical (unpaired) electrons. The summed E-state index contributed by atoms with van der Waals surface area (Å²) < 4.78 is 0. The Morgan fingerprint density at radius 3 is 2.32 bits per heavy atom. The predicted octanol–water partition coefficient (Wildman–Crippen LogP) is 6.96. The number of rotatable bonds is 9. The van der Waals surface area contributed by atoms with E-state index in [1.54, 1.807) is 0 Å². The highest BCUT2D eigenvalue weighted by Crippen LogP contribution is 2.22. The molecule has 0 spiro atoms. The summed E-state index contributed by atoms with van der Waals surface area (Å²) >= 11 is 5.95. The molecule has 0 aliphatic heterocycles. The van der Waals surface area contributed by atoms with Crippen molar-refractivity contribution in [3.63, 3.8) is 0 Å². The van der Waals surface area contributed by atoms with Gasteiger partial charge in [0.15, 0.2) is 5.82 Å². The fourth-order valence-corrected chi connectivity index (χ4v) is 3.17. The summed E-state index contributed by atoms with van der Waals surface area (Å²) in [5.74, 6) is 1.58. The third kappa shape index (κ3) is 9.22. The van der Waals surface area contributed by atoms with Gasteiger partial charge in [-0.15, -0.1) is 37.2 Å². The average Bonchev–Trinajstić information content (AvgIpc) is 2.69. The normalized spacial score (nSPS) is 10.3. The number of hydrogen-bond donors (Lipinski definition) is 2. The molecule has 0 aliphatic carbocycles. The quantitative estimate of drug-likeness (QED) is 0.310. The molecule has 0 atom stereocenters. The topological polar surface area (TPSA) is 63.8 Å². The molecule has 170 valence electrons. The maximum absolute atomic E-state index is 5.95. The number of halogens is 4. The van der Waals surface area contributed by atoms with Gasteiger partial charge in [0.25, 0.3) is 0 Å². The second-order valence-electron chi connectivity index (χ2n) is 6.97. The zero-order chi connectivity index (χ0) is 19.8. The Bertz CT molecular complexity index is 946. The van der Waals surface area contributed by atoms with Crippen LogP contribution in [0.3, 0.4) is 0 Å². The smallest absolute Gasteiger partial charge is 0.154 e. The van der Waals surface area contributed by atoms with Gasteiger partial charge in [0.2, 0.25) is 0 Å². The Balaban J connectivity index is 0.00000300. The fraction of sp³-hybridized carbons (Fsp3) is 0.304. The lowest BCUT2D eigenvalue weighted by molar-refractivity contribution is 0.661. The fourth-order valence-electron chi connectivity index (χ4n) is 3.04. The molecule has 3 aromatic rings. The van der Waals surface area contributed by atoms with E-state index in [-0.39, 0.29) is 37.2 Å². The van der Waals surface area contributed by atoms with Crippen molar-refractivity contribution in [2.45, 2.75) is 32.6 Å². The molecule has 0 aliphatic rings. The Kier molecular flexibility index (Phi) is 14.5. The van der Waals surface area contributed by atoms with Gasteiger partial charge in [0.05, 0.1) is 5.52 Å². The molecule has 8 heteroatoms. The maximum Gasteiger partial charge on any atom is 0.154 e. The van der Waals surface area contributed by atoms with E-state index < -0.39 is 0 Å². The molecule has 3 N–H and O–H groups in total. The second kappa shape index (κ2) is 15.3.